The van der Waals surface area contributed by atoms with Crippen LogP contribution < -0.4 is 20.1 Å². The lowest BCUT2D eigenvalue weighted by molar-refractivity contribution is -0.148. The van der Waals surface area contributed by atoms with E-state index in [1.165, 1.54) is 0 Å². The molecule has 3 amide bonds. The fourth-order valence-corrected chi connectivity index (χ4v) is 2.80. The second kappa shape index (κ2) is 9.59. The Labute approximate surface area is 168 Å². The predicted octanol–water partition coefficient (Wildman–Crippen LogP) is 2.84. The van der Waals surface area contributed by atoms with Gasteiger partial charge in [-0.3, -0.25) is 14.9 Å². The first kappa shape index (κ1) is 20.2. The van der Waals surface area contributed by atoms with E-state index in [9.17, 15) is 14.4 Å². The number of carbonyl (C=O) groups excluding carboxylic acids is 3. The van der Waals surface area contributed by atoms with Gasteiger partial charge in [-0.15, -0.1) is 0 Å². The summed E-state index contributed by atoms with van der Waals surface area (Å²) in [7, 11) is 0. The molecular weight excluding hydrogens is 376 g/mol. The van der Waals surface area contributed by atoms with Gasteiger partial charge in [-0.1, -0.05) is 37.3 Å². The Kier molecular flexibility index (Phi) is 6.67. The van der Waals surface area contributed by atoms with Crippen LogP contribution in [0.4, 0.5) is 10.5 Å². The van der Waals surface area contributed by atoms with Crippen molar-refractivity contribution in [3.05, 3.63) is 54.1 Å². The minimum Gasteiger partial charge on any atom is -0.486 e. The first-order valence-corrected chi connectivity index (χ1v) is 9.22. The minimum absolute atomic E-state index is 0.0368. The minimum atomic E-state index is -0.736. The second-order valence-electron chi connectivity index (χ2n) is 6.54. The second-order valence-corrected chi connectivity index (χ2v) is 6.54. The zero-order chi connectivity index (χ0) is 20.6. The van der Waals surface area contributed by atoms with E-state index in [4.69, 9.17) is 14.2 Å². The Morgan fingerprint density at radius 3 is 2.52 bits per heavy atom. The molecule has 1 aliphatic rings. The molecule has 152 valence electrons. The first-order chi connectivity index (χ1) is 14.0. The topological polar surface area (TPSA) is 103 Å². The Balaban J connectivity index is 1.41. The van der Waals surface area contributed by atoms with E-state index in [-0.39, 0.29) is 12.3 Å². The van der Waals surface area contributed by atoms with Crippen LogP contribution in [0, 0.1) is 0 Å². The van der Waals surface area contributed by atoms with Gasteiger partial charge < -0.3 is 19.5 Å². The summed E-state index contributed by atoms with van der Waals surface area (Å²) in [6.45, 7) is 2.26. The molecule has 0 aliphatic carbocycles. The third-order valence-corrected chi connectivity index (χ3v) is 4.26. The van der Waals surface area contributed by atoms with Gasteiger partial charge >= 0.3 is 12.0 Å². The average molecular weight is 398 g/mol. The molecule has 0 spiro atoms. The summed E-state index contributed by atoms with van der Waals surface area (Å²) < 4.78 is 15.8. The van der Waals surface area contributed by atoms with Crippen LogP contribution in [0.1, 0.15) is 24.8 Å². The number of imide groups is 1. The summed E-state index contributed by atoms with van der Waals surface area (Å²) in [5, 5.41) is 4.63. The van der Waals surface area contributed by atoms with Crippen molar-refractivity contribution in [1.82, 2.24) is 5.32 Å². The fourth-order valence-electron chi connectivity index (χ4n) is 2.80. The molecule has 0 bridgehead atoms. The largest absolute Gasteiger partial charge is 0.486 e. The monoisotopic (exact) mass is 398 g/mol. The molecule has 0 unspecified atom stereocenters. The summed E-state index contributed by atoms with van der Waals surface area (Å²) in [4.78, 5) is 35.7. The highest BCUT2D eigenvalue weighted by Crippen LogP contribution is 2.32. The van der Waals surface area contributed by atoms with Crippen LogP contribution in [0.3, 0.4) is 0 Å². The van der Waals surface area contributed by atoms with Gasteiger partial charge in [-0.2, -0.15) is 0 Å². The van der Waals surface area contributed by atoms with Crippen molar-refractivity contribution in [2.75, 3.05) is 25.1 Å². The van der Waals surface area contributed by atoms with Crippen LogP contribution in [0.2, 0.25) is 0 Å². The Morgan fingerprint density at radius 2 is 1.76 bits per heavy atom. The van der Waals surface area contributed by atoms with Crippen LogP contribution in [-0.2, 0) is 14.3 Å². The summed E-state index contributed by atoms with van der Waals surface area (Å²) in [5.41, 5.74) is 1.45. The third-order valence-electron chi connectivity index (χ3n) is 4.26. The van der Waals surface area contributed by atoms with Gasteiger partial charge in [-0.25, -0.2) is 4.79 Å². The van der Waals surface area contributed by atoms with Gasteiger partial charge in [0, 0.05) is 11.8 Å². The maximum absolute atomic E-state index is 11.9. The molecule has 0 fully saturated rings. The van der Waals surface area contributed by atoms with Gasteiger partial charge in [0.2, 0.25) is 0 Å². The maximum Gasteiger partial charge on any atom is 0.325 e. The molecule has 0 saturated carbocycles. The lowest BCUT2D eigenvalue weighted by Crippen LogP contribution is -2.37. The van der Waals surface area contributed by atoms with Crippen LogP contribution >= 0.6 is 0 Å². The molecule has 2 aromatic carbocycles. The molecule has 8 heteroatoms. The fraction of sp³-hybridized carbons (Fsp3) is 0.286. The average Bonchev–Trinajstić information content (AvgIpc) is 2.72. The number of ether oxygens (including phenoxy) is 3. The molecule has 0 saturated heterocycles. The van der Waals surface area contributed by atoms with Crippen molar-refractivity contribution in [3.63, 3.8) is 0 Å². The molecule has 8 nitrogen and oxygen atoms in total. The normalized spacial score (nSPS) is 13.1. The zero-order valence-electron chi connectivity index (χ0n) is 16.0. The highest BCUT2D eigenvalue weighted by molar-refractivity contribution is 6.02. The van der Waals surface area contributed by atoms with Crippen molar-refractivity contribution in [3.8, 4) is 11.5 Å². The zero-order valence-corrected chi connectivity index (χ0v) is 16.0. The number of hydrogen-bond acceptors (Lipinski definition) is 6. The molecule has 1 atom stereocenters. The van der Waals surface area contributed by atoms with E-state index in [0.29, 0.717) is 30.4 Å². The van der Waals surface area contributed by atoms with E-state index < -0.39 is 24.5 Å². The van der Waals surface area contributed by atoms with E-state index in [1.54, 1.807) is 18.2 Å². The molecule has 1 aliphatic heterocycles. The van der Waals surface area contributed by atoms with Crippen molar-refractivity contribution >= 4 is 23.6 Å². The number of amides is 3. The lowest BCUT2D eigenvalue weighted by Gasteiger charge is -2.19. The van der Waals surface area contributed by atoms with E-state index >= 15 is 0 Å². The molecule has 1 heterocycles. The van der Waals surface area contributed by atoms with Gasteiger partial charge in [-0.05, 0) is 23.6 Å². The molecule has 0 aromatic heterocycles. The van der Waals surface area contributed by atoms with Crippen molar-refractivity contribution in [1.29, 1.82) is 0 Å². The van der Waals surface area contributed by atoms with Gasteiger partial charge in [0.25, 0.3) is 5.91 Å². The number of carbonyl (C=O) groups is 3. The summed E-state index contributed by atoms with van der Waals surface area (Å²) in [5.74, 6) is -0.161. The maximum atomic E-state index is 11.9. The van der Waals surface area contributed by atoms with Gasteiger partial charge in [0.1, 0.15) is 13.2 Å². The highest BCUT2D eigenvalue weighted by Gasteiger charge is 2.16. The molecule has 29 heavy (non-hydrogen) atoms. The molecule has 2 aromatic rings. The summed E-state index contributed by atoms with van der Waals surface area (Å²) >= 11 is 0. The van der Waals surface area contributed by atoms with E-state index in [0.717, 1.165) is 5.56 Å². The first-order valence-electron chi connectivity index (χ1n) is 9.22. The smallest absolute Gasteiger partial charge is 0.325 e. The number of benzene rings is 2. The van der Waals surface area contributed by atoms with Crippen molar-refractivity contribution in [2.45, 2.75) is 19.3 Å². The Morgan fingerprint density at radius 1 is 1.03 bits per heavy atom. The molecule has 3 rings (SSSR count). The van der Waals surface area contributed by atoms with Gasteiger partial charge in [0.05, 0.1) is 6.42 Å². The third kappa shape index (κ3) is 5.97. The molecular formula is C21H22N2O6. The van der Waals surface area contributed by atoms with E-state index in [1.807, 2.05) is 37.3 Å². The highest BCUT2D eigenvalue weighted by atomic mass is 16.6. The van der Waals surface area contributed by atoms with Gasteiger partial charge in [0.15, 0.2) is 18.1 Å². The van der Waals surface area contributed by atoms with Crippen LogP contribution in [0.25, 0.3) is 0 Å². The summed E-state index contributed by atoms with van der Waals surface area (Å²) in [6.07, 6.45) is 0.140. The van der Waals surface area contributed by atoms with Crippen LogP contribution in [0.5, 0.6) is 11.5 Å². The Hall–Kier alpha value is -3.55. The van der Waals surface area contributed by atoms with Crippen LogP contribution in [-0.4, -0.2) is 37.7 Å². The standard InChI is InChI=1S/C21H22N2O6/c1-14(15-5-3-2-4-6-15)11-20(25)29-13-19(24)23-21(26)22-16-7-8-17-18(12-16)28-10-9-27-17/h2-8,12,14H,9-11,13H2,1H3,(H2,22,23,24,26)/t14-/m0/s1. The lowest BCUT2D eigenvalue weighted by atomic mass is 9.98. The summed E-state index contributed by atoms with van der Waals surface area (Å²) in [6, 6.07) is 13.7. The van der Waals surface area contributed by atoms with Crippen LogP contribution in [0.15, 0.2) is 48.5 Å². The van der Waals surface area contributed by atoms with E-state index in [2.05, 4.69) is 10.6 Å². The number of nitrogens with one attached hydrogen (secondary N) is 2. The quantitative estimate of drug-likeness (QED) is 0.726. The number of esters is 1. The number of urea groups is 1. The number of fused-ring (bicyclic) bond motifs is 1. The number of rotatable bonds is 6. The Bertz CT molecular complexity index is 884. The van der Waals surface area contributed by atoms with Crippen molar-refractivity contribution < 1.29 is 28.6 Å². The number of anilines is 1. The van der Waals surface area contributed by atoms with Crippen molar-refractivity contribution in [2.24, 2.45) is 0 Å². The number of hydrogen-bond donors (Lipinski definition) is 2. The SMILES string of the molecule is C[C@@H](CC(=O)OCC(=O)NC(=O)Nc1ccc2c(c1)OCCO2)c1ccccc1. The molecule has 2 N–H and O–H groups in total. The molecule has 0 radical (unpaired) electrons. The predicted molar refractivity (Wildman–Crippen MR) is 105 cm³/mol.